The molecule has 1 amide bonds. The number of anilines is 1. The lowest BCUT2D eigenvalue weighted by Gasteiger charge is -2.09. The third-order valence-electron chi connectivity index (χ3n) is 5.56. The van der Waals surface area contributed by atoms with Gasteiger partial charge in [-0.05, 0) is 43.3 Å². The van der Waals surface area contributed by atoms with Crippen LogP contribution in [0.5, 0.6) is 5.75 Å². The first-order chi connectivity index (χ1) is 16.0. The van der Waals surface area contributed by atoms with Crippen molar-refractivity contribution in [1.29, 1.82) is 0 Å². The van der Waals surface area contributed by atoms with Gasteiger partial charge in [-0.2, -0.15) is 0 Å². The van der Waals surface area contributed by atoms with Gasteiger partial charge in [0.05, 0.1) is 23.8 Å². The van der Waals surface area contributed by atoms with Gasteiger partial charge in [0.1, 0.15) is 12.3 Å². The number of nitrogens with one attached hydrogen (secondary N) is 1. The van der Waals surface area contributed by atoms with Gasteiger partial charge >= 0.3 is 0 Å². The largest absolute Gasteiger partial charge is 0.497 e. The second-order valence-electron chi connectivity index (χ2n) is 7.84. The van der Waals surface area contributed by atoms with Crippen molar-refractivity contribution >= 4 is 28.4 Å². The Kier molecular flexibility index (Phi) is 5.14. The molecule has 7 heteroatoms. The summed E-state index contributed by atoms with van der Waals surface area (Å²) < 4.78 is 8.62. The molecule has 2 aromatic heterocycles. The first kappa shape index (κ1) is 20.5. The van der Waals surface area contributed by atoms with Crippen LogP contribution in [0.1, 0.15) is 5.56 Å². The number of ether oxygens (including phenoxy) is 1. The van der Waals surface area contributed by atoms with E-state index in [0.29, 0.717) is 28.4 Å². The van der Waals surface area contributed by atoms with Crippen LogP contribution in [0, 0.1) is 6.92 Å². The van der Waals surface area contributed by atoms with Gasteiger partial charge in [-0.1, -0.05) is 42.0 Å². The van der Waals surface area contributed by atoms with E-state index in [1.54, 1.807) is 11.7 Å². The topological polar surface area (TPSA) is 77.6 Å². The number of fused-ring (bicyclic) bond motifs is 3. The van der Waals surface area contributed by atoms with Gasteiger partial charge in [0.25, 0.3) is 5.56 Å². The van der Waals surface area contributed by atoms with Crippen molar-refractivity contribution in [2.75, 3.05) is 12.4 Å². The van der Waals surface area contributed by atoms with Gasteiger partial charge in [-0.15, -0.1) is 0 Å². The number of imidazole rings is 1. The van der Waals surface area contributed by atoms with Gasteiger partial charge in [-0.25, -0.2) is 9.38 Å². The number of rotatable bonds is 5. The molecule has 0 aliphatic rings. The zero-order valence-corrected chi connectivity index (χ0v) is 18.3. The molecule has 7 nitrogen and oxygen atoms in total. The van der Waals surface area contributed by atoms with E-state index in [9.17, 15) is 9.59 Å². The maximum absolute atomic E-state index is 13.1. The van der Waals surface area contributed by atoms with Crippen LogP contribution in [0.25, 0.3) is 28.1 Å². The van der Waals surface area contributed by atoms with E-state index in [1.807, 2.05) is 79.7 Å². The lowest BCUT2D eigenvalue weighted by Crippen LogP contribution is -2.20. The SMILES string of the molecule is COc1cccc(-c2cc(=O)n3c4ccccc4n(CC(=O)Nc4ccc(C)cc4)c3n2)c1. The summed E-state index contributed by atoms with van der Waals surface area (Å²) in [6.45, 7) is 2.01. The summed E-state index contributed by atoms with van der Waals surface area (Å²) in [7, 11) is 1.59. The Labute approximate surface area is 189 Å². The first-order valence-corrected chi connectivity index (χ1v) is 10.6. The highest BCUT2D eigenvalue weighted by molar-refractivity contribution is 5.92. The zero-order chi connectivity index (χ0) is 22.9. The van der Waals surface area contributed by atoms with Crippen LogP contribution in [-0.2, 0) is 11.3 Å². The average Bonchev–Trinajstić information content (AvgIpc) is 3.14. The Morgan fingerprint density at radius 3 is 2.48 bits per heavy atom. The number of carbonyl (C=O) groups is 1. The lowest BCUT2D eigenvalue weighted by molar-refractivity contribution is -0.116. The van der Waals surface area contributed by atoms with Crippen molar-refractivity contribution in [3.63, 3.8) is 0 Å². The predicted molar refractivity (Wildman–Crippen MR) is 129 cm³/mol. The van der Waals surface area contributed by atoms with Crippen LogP contribution >= 0.6 is 0 Å². The second-order valence-corrected chi connectivity index (χ2v) is 7.84. The Balaban J connectivity index is 1.63. The molecular formula is C26H22N4O3. The molecule has 0 aliphatic heterocycles. The number of para-hydroxylation sites is 2. The van der Waals surface area contributed by atoms with E-state index in [2.05, 4.69) is 5.32 Å². The number of benzene rings is 3. The molecule has 0 spiro atoms. The number of nitrogens with zero attached hydrogens (tertiary/aromatic N) is 3. The van der Waals surface area contributed by atoms with Crippen molar-refractivity contribution in [3.8, 4) is 17.0 Å². The third-order valence-corrected chi connectivity index (χ3v) is 5.56. The van der Waals surface area contributed by atoms with Gasteiger partial charge < -0.3 is 14.6 Å². The lowest BCUT2D eigenvalue weighted by atomic mass is 10.1. The molecule has 0 bridgehead atoms. The summed E-state index contributed by atoms with van der Waals surface area (Å²) in [4.78, 5) is 30.8. The molecule has 0 unspecified atom stereocenters. The number of methoxy groups -OCH3 is 1. The Bertz CT molecular complexity index is 1550. The van der Waals surface area contributed by atoms with Crippen molar-refractivity contribution < 1.29 is 9.53 Å². The Morgan fingerprint density at radius 1 is 0.970 bits per heavy atom. The fourth-order valence-electron chi connectivity index (χ4n) is 3.93. The minimum absolute atomic E-state index is 0.0128. The van der Waals surface area contributed by atoms with Crippen LogP contribution in [-0.4, -0.2) is 27.0 Å². The number of carbonyl (C=O) groups excluding carboxylic acids is 1. The van der Waals surface area contributed by atoms with Gasteiger partial charge in [0, 0.05) is 17.3 Å². The second kappa shape index (κ2) is 8.27. The normalized spacial score (nSPS) is 11.1. The van der Waals surface area contributed by atoms with Crippen molar-refractivity contribution in [1.82, 2.24) is 14.0 Å². The summed E-state index contributed by atoms with van der Waals surface area (Å²) in [5.74, 6) is 0.872. The maximum atomic E-state index is 13.1. The minimum Gasteiger partial charge on any atom is -0.497 e. The van der Waals surface area contributed by atoms with E-state index >= 15 is 0 Å². The number of aromatic nitrogens is 3. The Morgan fingerprint density at radius 2 is 1.73 bits per heavy atom. The molecule has 0 saturated heterocycles. The van der Waals surface area contributed by atoms with Crippen LogP contribution in [0.2, 0.25) is 0 Å². The predicted octanol–water partition coefficient (Wildman–Crippen LogP) is 4.27. The number of hydrogen-bond acceptors (Lipinski definition) is 4. The molecule has 0 fully saturated rings. The Hall–Kier alpha value is -4.39. The maximum Gasteiger partial charge on any atom is 0.260 e. The number of hydrogen-bond donors (Lipinski definition) is 1. The van der Waals surface area contributed by atoms with Crippen LogP contribution in [0.4, 0.5) is 5.69 Å². The smallest absolute Gasteiger partial charge is 0.260 e. The van der Waals surface area contributed by atoms with Gasteiger partial charge in [0.2, 0.25) is 11.7 Å². The fraction of sp³-hybridized carbons (Fsp3) is 0.115. The van der Waals surface area contributed by atoms with Crippen molar-refractivity contribution in [2.24, 2.45) is 0 Å². The molecule has 33 heavy (non-hydrogen) atoms. The average molecular weight is 438 g/mol. The van der Waals surface area contributed by atoms with E-state index in [-0.39, 0.29) is 18.0 Å². The van der Waals surface area contributed by atoms with E-state index in [1.165, 1.54) is 10.5 Å². The molecule has 5 aromatic rings. The monoisotopic (exact) mass is 438 g/mol. The third kappa shape index (κ3) is 3.85. The highest BCUT2D eigenvalue weighted by Gasteiger charge is 2.17. The molecular weight excluding hydrogens is 416 g/mol. The minimum atomic E-state index is -0.216. The van der Waals surface area contributed by atoms with Crippen molar-refractivity contribution in [2.45, 2.75) is 13.5 Å². The zero-order valence-electron chi connectivity index (χ0n) is 18.3. The first-order valence-electron chi connectivity index (χ1n) is 10.6. The van der Waals surface area contributed by atoms with E-state index in [4.69, 9.17) is 9.72 Å². The summed E-state index contributed by atoms with van der Waals surface area (Å²) in [5, 5.41) is 2.92. The van der Waals surface area contributed by atoms with E-state index in [0.717, 1.165) is 16.6 Å². The number of aryl methyl sites for hydroxylation is 1. The summed E-state index contributed by atoms with van der Waals surface area (Å²) in [6, 6.07) is 24.0. The molecule has 0 aliphatic carbocycles. The summed E-state index contributed by atoms with van der Waals surface area (Å²) in [6.07, 6.45) is 0. The molecule has 3 aromatic carbocycles. The fourth-order valence-corrected chi connectivity index (χ4v) is 3.93. The molecule has 5 rings (SSSR count). The highest BCUT2D eigenvalue weighted by atomic mass is 16.5. The highest BCUT2D eigenvalue weighted by Crippen LogP contribution is 2.24. The van der Waals surface area contributed by atoms with Gasteiger partial charge in [0.15, 0.2) is 0 Å². The molecule has 1 N–H and O–H groups in total. The molecule has 0 radical (unpaired) electrons. The standard InChI is InChI=1S/C26H22N4O3/c1-17-10-12-19(13-11-17)27-24(31)16-29-22-8-3-4-9-23(22)30-25(32)15-21(28-26(29)30)18-6-5-7-20(14-18)33-2/h3-15H,16H2,1-2H3,(H,27,31). The van der Waals surface area contributed by atoms with E-state index < -0.39 is 0 Å². The molecule has 164 valence electrons. The molecule has 0 atom stereocenters. The summed E-state index contributed by atoms with van der Waals surface area (Å²) in [5.41, 5.74) is 4.34. The quantitative estimate of drug-likeness (QED) is 0.445. The number of amides is 1. The van der Waals surface area contributed by atoms with Crippen LogP contribution in [0.3, 0.4) is 0 Å². The van der Waals surface area contributed by atoms with Crippen molar-refractivity contribution in [3.05, 3.63) is 94.8 Å². The van der Waals surface area contributed by atoms with Crippen LogP contribution in [0.15, 0.2) is 83.7 Å². The van der Waals surface area contributed by atoms with Gasteiger partial charge in [-0.3, -0.25) is 9.59 Å². The summed E-state index contributed by atoms with van der Waals surface area (Å²) >= 11 is 0. The molecule has 2 heterocycles. The molecule has 0 saturated carbocycles. The van der Waals surface area contributed by atoms with Crippen LogP contribution < -0.4 is 15.6 Å².